The second-order valence-corrected chi connectivity index (χ2v) is 10.8. The van der Waals surface area contributed by atoms with Gasteiger partial charge in [0, 0.05) is 12.1 Å². The van der Waals surface area contributed by atoms with Crippen molar-refractivity contribution in [1.82, 2.24) is 0 Å². The van der Waals surface area contributed by atoms with Gasteiger partial charge in [0.25, 0.3) is 7.82 Å². The molecule has 0 bridgehead atoms. The fraction of sp³-hybridized carbons (Fsp3) is 0.815. The number of hydrogen-bond donors (Lipinski definition) is 0. The summed E-state index contributed by atoms with van der Waals surface area (Å²) in [5, 5.41) is 0. The van der Waals surface area contributed by atoms with E-state index in [0.29, 0.717) is 12.5 Å². The molecule has 1 rings (SSSR count). The second-order valence-electron chi connectivity index (χ2n) is 9.38. The molecule has 0 aliphatic carbocycles. The van der Waals surface area contributed by atoms with Crippen LogP contribution in [0.1, 0.15) is 117 Å². The first-order valence-corrected chi connectivity index (χ1v) is 15.1. The van der Waals surface area contributed by atoms with Crippen LogP contribution in [-0.4, -0.2) is 13.2 Å². The lowest BCUT2D eigenvalue weighted by molar-refractivity contribution is -0.697. The van der Waals surface area contributed by atoms with Crippen molar-refractivity contribution in [3.63, 3.8) is 0 Å². The third kappa shape index (κ3) is 18.3. The van der Waals surface area contributed by atoms with Crippen LogP contribution in [0.4, 0.5) is 0 Å². The molecule has 0 spiro atoms. The Morgan fingerprint density at radius 3 is 1.73 bits per heavy atom. The molecule has 0 radical (unpaired) electrons. The molecule has 1 heterocycles. The fourth-order valence-corrected chi connectivity index (χ4v) is 4.94. The van der Waals surface area contributed by atoms with Crippen LogP contribution in [0.15, 0.2) is 30.6 Å². The van der Waals surface area contributed by atoms with E-state index in [4.69, 9.17) is 9.05 Å². The lowest BCUT2D eigenvalue weighted by atomic mass is 9.95. The van der Waals surface area contributed by atoms with Crippen molar-refractivity contribution in [3.8, 4) is 0 Å². The molecule has 0 N–H and O–H groups in total. The van der Waals surface area contributed by atoms with E-state index < -0.39 is 7.82 Å². The number of hydrogen-bond acceptors (Lipinski definition) is 4. The minimum absolute atomic E-state index is 0.0928. The molecular weight excluding hydrogens is 433 g/mol. The lowest BCUT2D eigenvalue weighted by Crippen LogP contribution is -2.35. The molecule has 192 valence electrons. The van der Waals surface area contributed by atoms with Crippen LogP contribution in [-0.2, 0) is 20.2 Å². The Morgan fingerprint density at radius 1 is 0.727 bits per heavy atom. The van der Waals surface area contributed by atoms with Gasteiger partial charge in [-0.05, 0) is 18.8 Å². The van der Waals surface area contributed by atoms with Gasteiger partial charge in [0.1, 0.15) is 6.61 Å². The average molecular weight is 484 g/mol. The van der Waals surface area contributed by atoms with Crippen molar-refractivity contribution in [2.45, 2.75) is 123 Å². The van der Waals surface area contributed by atoms with Gasteiger partial charge >= 0.3 is 0 Å². The predicted octanol–water partition coefficient (Wildman–Crippen LogP) is 7.37. The van der Waals surface area contributed by atoms with E-state index in [1.165, 1.54) is 77.0 Å². The number of unbranched alkanes of at least 4 members (excludes halogenated alkanes) is 12. The molecule has 6 heteroatoms. The van der Waals surface area contributed by atoms with Crippen molar-refractivity contribution < 1.29 is 23.1 Å². The molecule has 0 saturated carbocycles. The van der Waals surface area contributed by atoms with Gasteiger partial charge in [-0.15, -0.1) is 0 Å². The van der Waals surface area contributed by atoms with E-state index in [1.807, 2.05) is 35.2 Å². The van der Waals surface area contributed by atoms with Gasteiger partial charge in [0.15, 0.2) is 18.9 Å². The van der Waals surface area contributed by atoms with Crippen molar-refractivity contribution in [1.29, 1.82) is 0 Å². The second kappa shape index (κ2) is 20.6. The SMILES string of the molecule is CCCCCCCCCCC(CCCCCCCC)COP(=O)([O-])OCC[n+]1ccccc1. The van der Waals surface area contributed by atoms with Gasteiger partial charge in [0.2, 0.25) is 0 Å². The first-order chi connectivity index (χ1) is 16.1. The maximum atomic E-state index is 12.2. The van der Waals surface area contributed by atoms with E-state index in [0.717, 1.165) is 25.7 Å². The number of rotatable bonds is 23. The number of nitrogens with zero attached hydrogens (tertiary/aromatic N) is 1. The highest BCUT2D eigenvalue weighted by Crippen LogP contribution is 2.39. The highest BCUT2D eigenvalue weighted by Gasteiger charge is 2.16. The van der Waals surface area contributed by atoms with E-state index in [9.17, 15) is 9.46 Å². The number of phosphoric ester groups is 1. The van der Waals surface area contributed by atoms with Crippen LogP contribution in [0.25, 0.3) is 0 Å². The van der Waals surface area contributed by atoms with Crippen molar-refractivity contribution in [3.05, 3.63) is 30.6 Å². The lowest BCUT2D eigenvalue weighted by Gasteiger charge is -2.25. The van der Waals surface area contributed by atoms with Crippen LogP contribution in [0, 0.1) is 5.92 Å². The van der Waals surface area contributed by atoms with E-state index >= 15 is 0 Å². The molecule has 0 aliphatic heterocycles. The third-order valence-electron chi connectivity index (χ3n) is 6.28. The molecule has 2 atom stereocenters. The minimum Gasteiger partial charge on any atom is -0.756 e. The monoisotopic (exact) mass is 483 g/mol. The van der Waals surface area contributed by atoms with Crippen LogP contribution in [0.2, 0.25) is 0 Å². The summed E-state index contributed by atoms with van der Waals surface area (Å²) in [5.41, 5.74) is 0. The molecule has 33 heavy (non-hydrogen) atoms. The van der Waals surface area contributed by atoms with Crippen LogP contribution in [0.3, 0.4) is 0 Å². The Kier molecular flexibility index (Phi) is 18.9. The number of aromatic nitrogens is 1. The summed E-state index contributed by atoms with van der Waals surface area (Å²) in [4.78, 5) is 12.2. The largest absolute Gasteiger partial charge is 0.756 e. The maximum Gasteiger partial charge on any atom is 0.268 e. The average Bonchev–Trinajstić information content (AvgIpc) is 2.81. The Balaban J connectivity index is 2.31. The maximum absolute atomic E-state index is 12.2. The zero-order chi connectivity index (χ0) is 24.0. The molecule has 2 unspecified atom stereocenters. The quantitative estimate of drug-likeness (QED) is 0.0926. The number of pyridine rings is 1. The molecule has 1 aromatic rings. The zero-order valence-electron chi connectivity index (χ0n) is 21.4. The van der Waals surface area contributed by atoms with Crippen molar-refractivity contribution >= 4 is 7.82 Å². The predicted molar refractivity (Wildman–Crippen MR) is 135 cm³/mol. The molecule has 5 nitrogen and oxygen atoms in total. The van der Waals surface area contributed by atoms with E-state index in [-0.39, 0.29) is 13.2 Å². The van der Waals surface area contributed by atoms with Crippen LogP contribution < -0.4 is 9.46 Å². The van der Waals surface area contributed by atoms with Gasteiger partial charge in [0.05, 0.1) is 6.61 Å². The first-order valence-electron chi connectivity index (χ1n) is 13.6. The van der Waals surface area contributed by atoms with E-state index in [2.05, 4.69) is 13.8 Å². The van der Waals surface area contributed by atoms with E-state index in [1.54, 1.807) is 0 Å². The molecule has 0 amide bonds. The Labute approximate surface area is 203 Å². The topological polar surface area (TPSA) is 62.5 Å². The molecule has 0 fully saturated rings. The third-order valence-corrected chi connectivity index (χ3v) is 7.24. The molecular formula is C27H50NO4P. The molecule has 0 aromatic carbocycles. The molecule has 0 saturated heterocycles. The summed E-state index contributed by atoms with van der Waals surface area (Å²) in [6, 6.07) is 5.74. The fourth-order valence-electron chi connectivity index (χ4n) is 4.17. The standard InChI is InChI=1S/C27H50NO4P/c1-3-5-7-9-11-12-14-17-21-27(20-16-13-10-8-6-4-2)26-32-33(29,30)31-25-24-28-22-18-15-19-23-28/h15,18-19,22-23,27H,3-14,16-17,20-21,24-26H2,1-2H3. The van der Waals surface area contributed by atoms with Crippen LogP contribution in [0.5, 0.6) is 0 Å². The summed E-state index contributed by atoms with van der Waals surface area (Å²) in [6.45, 7) is 5.31. The van der Waals surface area contributed by atoms with Gasteiger partial charge in [-0.25, -0.2) is 4.57 Å². The van der Waals surface area contributed by atoms with Gasteiger partial charge in [-0.3, -0.25) is 4.57 Å². The highest BCUT2D eigenvalue weighted by atomic mass is 31.2. The van der Waals surface area contributed by atoms with Gasteiger partial charge < -0.3 is 13.9 Å². The minimum atomic E-state index is -4.26. The van der Waals surface area contributed by atoms with Crippen molar-refractivity contribution in [2.75, 3.05) is 13.2 Å². The van der Waals surface area contributed by atoms with Gasteiger partial charge in [-0.1, -0.05) is 110 Å². The normalized spacial score (nSPS) is 14.3. The summed E-state index contributed by atoms with van der Waals surface area (Å²) < 4.78 is 24.6. The summed E-state index contributed by atoms with van der Waals surface area (Å²) in [7, 11) is -4.26. The summed E-state index contributed by atoms with van der Waals surface area (Å²) in [6.07, 6.45) is 23.7. The molecule has 0 aliphatic rings. The van der Waals surface area contributed by atoms with Crippen LogP contribution >= 0.6 is 7.82 Å². The zero-order valence-corrected chi connectivity index (χ0v) is 22.3. The Morgan fingerprint density at radius 2 is 1.21 bits per heavy atom. The smallest absolute Gasteiger partial charge is 0.268 e. The summed E-state index contributed by atoms with van der Waals surface area (Å²) in [5.74, 6) is 0.297. The molecule has 1 aromatic heterocycles. The highest BCUT2D eigenvalue weighted by molar-refractivity contribution is 7.45. The summed E-state index contributed by atoms with van der Waals surface area (Å²) >= 11 is 0. The number of phosphoric acid groups is 1. The van der Waals surface area contributed by atoms with Crippen molar-refractivity contribution in [2.24, 2.45) is 5.92 Å². The Bertz CT molecular complexity index is 599. The Hall–Kier alpha value is -0.740. The van der Waals surface area contributed by atoms with Gasteiger partial charge in [-0.2, -0.15) is 0 Å². The first kappa shape index (κ1) is 30.3.